The van der Waals surface area contributed by atoms with E-state index in [9.17, 15) is 9.59 Å². The fourth-order valence-corrected chi connectivity index (χ4v) is 4.32. The maximum atomic E-state index is 12.5. The monoisotopic (exact) mass is 385 g/mol. The molecule has 1 fully saturated rings. The first-order chi connectivity index (χ1) is 13.1. The van der Waals surface area contributed by atoms with Gasteiger partial charge in [-0.15, -0.1) is 11.3 Å². The Bertz CT molecular complexity index is 1010. The van der Waals surface area contributed by atoms with Gasteiger partial charge in [-0.2, -0.15) is 0 Å². The molecule has 3 heterocycles. The van der Waals surface area contributed by atoms with Crippen LogP contribution in [0.4, 0.5) is 5.13 Å². The van der Waals surface area contributed by atoms with Crippen molar-refractivity contribution in [3.05, 3.63) is 45.8 Å². The first kappa shape index (κ1) is 17.9. The summed E-state index contributed by atoms with van der Waals surface area (Å²) >= 11 is 1.43. The number of amides is 1. The molecule has 1 saturated heterocycles. The predicted octanol–water partition coefficient (Wildman–Crippen LogP) is 2.42. The number of hydrogen-bond donors (Lipinski definition) is 1. The van der Waals surface area contributed by atoms with Crippen molar-refractivity contribution in [2.45, 2.75) is 32.4 Å². The number of para-hydroxylation sites is 2. The van der Waals surface area contributed by atoms with E-state index in [4.69, 9.17) is 0 Å². The molecule has 0 saturated carbocycles. The number of fused-ring (bicyclic) bond motifs is 1. The highest BCUT2D eigenvalue weighted by Gasteiger charge is 2.15. The molecule has 142 valence electrons. The van der Waals surface area contributed by atoms with Crippen molar-refractivity contribution < 1.29 is 4.79 Å². The topological polar surface area (TPSA) is 72.2 Å². The number of carbonyl (C=O) groups is 1. The van der Waals surface area contributed by atoms with Crippen LogP contribution in [0.2, 0.25) is 0 Å². The standard InChI is InChI=1S/C19H23N5O2S/c1-22-15-7-3-4-8-16(15)24(19(22)26)12-17(25)21-18-20-14(13-27-18)11-23-9-5-2-6-10-23/h3-4,7-8,13H,2,5-6,9-12H2,1H3,(H,20,21,25). The average Bonchev–Trinajstić information content (AvgIpc) is 3.21. The molecule has 1 aliphatic heterocycles. The Kier molecular flexibility index (Phi) is 5.09. The van der Waals surface area contributed by atoms with Crippen LogP contribution in [0.25, 0.3) is 11.0 Å². The van der Waals surface area contributed by atoms with Gasteiger partial charge in [0.05, 0.1) is 16.7 Å². The number of thiazole rings is 1. The summed E-state index contributed by atoms with van der Waals surface area (Å²) in [6, 6.07) is 7.47. The zero-order valence-corrected chi connectivity index (χ0v) is 16.2. The maximum absolute atomic E-state index is 12.5. The second-order valence-electron chi connectivity index (χ2n) is 6.95. The Morgan fingerprint density at radius 3 is 2.70 bits per heavy atom. The summed E-state index contributed by atoms with van der Waals surface area (Å²) in [5, 5.41) is 5.41. The van der Waals surface area contributed by atoms with Crippen molar-refractivity contribution in [3.8, 4) is 0 Å². The van der Waals surface area contributed by atoms with Crippen molar-refractivity contribution in [1.82, 2.24) is 19.0 Å². The highest BCUT2D eigenvalue weighted by Crippen LogP contribution is 2.19. The molecule has 2 aromatic heterocycles. The van der Waals surface area contributed by atoms with Crippen molar-refractivity contribution in [2.75, 3.05) is 18.4 Å². The van der Waals surface area contributed by atoms with E-state index in [0.717, 1.165) is 36.4 Å². The summed E-state index contributed by atoms with van der Waals surface area (Å²) in [7, 11) is 1.72. The van der Waals surface area contributed by atoms with Gasteiger partial charge in [-0.25, -0.2) is 9.78 Å². The van der Waals surface area contributed by atoms with Gasteiger partial charge in [-0.05, 0) is 38.1 Å². The third-order valence-corrected chi connectivity index (χ3v) is 5.79. The Hall–Kier alpha value is -2.45. The summed E-state index contributed by atoms with van der Waals surface area (Å²) in [6.07, 6.45) is 3.80. The Balaban J connectivity index is 1.43. The number of aryl methyl sites for hydroxylation is 1. The minimum Gasteiger partial charge on any atom is -0.300 e. The van der Waals surface area contributed by atoms with Crippen LogP contribution < -0.4 is 11.0 Å². The first-order valence-corrected chi connectivity index (χ1v) is 10.1. The highest BCUT2D eigenvalue weighted by molar-refractivity contribution is 7.13. The van der Waals surface area contributed by atoms with Gasteiger partial charge in [-0.3, -0.25) is 18.8 Å². The van der Waals surface area contributed by atoms with Crippen LogP contribution >= 0.6 is 11.3 Å². The number of anilines is 1. The van der Waals surface area contributed by atoms with E-state index < -0.39 is 0 Å². The molecule has 1 N–H and O–H groups in total. The van der Waals surface area contributed by atoms with Crippen molar-refractivity contribution in [3.63, 3.8) is 0 Å². The smallest absolute Gasteiger partial charge is 0.300 e. The zero-order valence-electron chi connectivity index (χ0n) is 15.4. The molecule has 0 unspecified atom stereocenters. The Morgan fingerprint density at radius 2 is 1.93 bits per heavy atom. The maximum Gasteiger partial charge on any atom is 0.329 e. The van der Waals surface area contributed by atoms with Gasteiger partial charge in [0.2, 0.25) is 5.91 Å². The average molecular weight is 385 g/mol. The number of piperidine rings is 1. The van der Waals surface area contributed by atoms with Crippen LogP contribution in [-0.2, 0) is 24.9 Å². The molecule has 0 spiro atoms. The second kappa shape index (κ2) is 7.66. The minimum atomic E-state index is -0.243. The summed E-state index contributed by atoms with van der Waals surface area (Å²) < 4.78 is 3.05. The van der Waals surface area contributed by atoms with Crippen molar-refractivity contribution in [1.29, 1.82) is 0 Å². The second-order valence-corrected chi connectivity index (χ2v) is 7.80. The summed E-state index contributed by atoms with van der Waals surface area (Å²) in [5.74, 6) is -0.243. The van der Waals surface area contributed by atoms with E-state index in [1.54, 1.807) is 11.6 Å². The van der Waals surface area contributed by atoms with Crippen molar-refractivity contribution in [2.24, 2.45) is 7.05 Å². The third-order valence-electron chi connectivity index (χ3n) is 4.99. The zero-order chi connectivity index (χ0) is 18.8. The highest BCUT2D eigenvalue weighted by atomic mass is 32.1. The normalized spacial score (nSPS) is 15.3. The molecule has 7 nitrogen and oxygen atoms in total. The molecule has 3 aromatic rings. The molecule has 27 heavy (non-hydrogen) atoms. The van der Waals surface area contributed by atoms with Gasteiger partial charge in [0, 0.05) is 19.0 Å². The molecule has 0 bridgehead atoms. The quantitative estimate of drug-likeness (QED) is 0.732. The Morgan fingerprint density at radius 1 is 1.19 bits per heavy atom. The van der Waals surface area contributed by atoms with Gasteiger partial charge in [0.1, 0.15) is 6.54 Å². The number of imidazole rings is 1. The van der Waals surface area contributed by atoms with E-state index in [2.05, 4.69) is 15.2 Å². The minimum absolute atomic E-state index is 0.0266. The number of carbonyl (C=O) groups excluding carboxylic acids is 1. The number of aromatic nitrogens is 3. The third kappa shape index (κ3) is 3.81. The molecule has 0 radical (unpaired) electrons. The predicted molar refractivity (Wildman–Crippen MR) is 107 cm³/mol. The lowest BCUT2D eigenvalue weighted by atomic mass is 10.1. The lowest BCUT2D eigenvalue weighted by molar-refractivity contribution is -0.116. The Labute approximate surface area is 161 Å². The fourth-order valence-electron chi connectivity index (χ4n) is 3.60. The molecule has 4 rings (SSSR count). The molecule has 1 amide bonds. The van der Waals surface area contributed by atoms with Crippen molar-refractivity contribution >= 4 is 33.4 Å². The molecular formula is C19H23N5O2S. The van der Waals surface area contributed by atoms with Crippen LogP contribution in [0.5, 0.6) is 0 Å². The van der Waals surface area contributed by atoms with Crippen LogP contribution in [0.15, 0.2) is 34.4 Å². The van der Waals surface area contributed by atoms with E-state index in [1.807, 2.05) is 29.6 Å². The van der Waals surface area contributed by atoms with E-state index in [0.29, 0.717) is 5.13 Å². The van der Waals surface area contributed by atoms with Gasteiger partial charge >= 0.3 is 5.69 Å². The summed E-state index contributed by atoms with van der Waals surface area (Å²) in [6.45, 7) is 3.03. The van der Waals surface area contributed by atoms with Gasteiger partial charge < -0.3 is 5.32 Å². The summed E-state index contributed by atoms with van der Waals surface area (Å²) in [4.78, 5) is 31.8. The number of rotatable bonds is 5. The molecular weight excluding hydrogens is 362 g/mol. The van der Waals surface area contributed by atoms with Gasteiger partial charge in [0.25, 0.3) is 0 Å². The van der Waals surface area contributed by atoms with Gasteiger partial charge in [0.15, 0.2) is 5.13 Å². The van der Waals surface area contributed by atoms with Crippen LogP contribution in [0.3, 0.4) is 0 Å². The molecule has 1 aromatic carbocycles. The number of hydrogen-bond acceptors (Lipinski definition) is 5. The number of benzene rings is 1. The lowest BCUT2D eigenvalue weighted by Crippen LogP contribution is -2.29. The molecule has 8 heteroatoms. The summed E-state index contributed by atoms with van der Waals surface area (Å²) in [5.41, 5.74) is 2.36. The first-order valence-electron chi connectivity index (χ1n) is 9.22. The lowest BCUT2D eigenvalue weighted by Gasteiger charge is -2.25. The van der Waals surface area contributed by atoms with Crippen LogP contribution in [0, 0.1) is 0 Å². The van der Waals surface area contributed by atoms with E-state index >= 15 is 0 Å². The largest absolute Gasteiger partial charge is 0.329 e. The van der Waals surface area contributed by atoms with Gasteiger partial charge in [-0.1, -0.05) is 18.6 Å². The van der Waals surface area contributed by atoms with Crippen LogP contribution in [0.1, 0.15) is 25.0 Å². The van der Waals surface area contributed by atoms with E-state index in [-0.39, 0.29) is 18.1 Å². The molecule has 0 atom stereocenters. The van der Waals surface area contributed by atoms with Crippen LogP contribution in [-0.4, -0.2) is 38.0 Å². The number of nitrogens with zero attached hydrogens (tertiary/aromatic N) is 4. The van der Waals surface area contributed by atoms with E-state index in [1.165, 1.54) is 35.2 Å². The molecule has 1 aliphatic rings. The number of nitrogens with one attached hydrogen (secondary N) is 1. The SMILES string of the molecule is Cn1c(=O)n(CC(=O)Nc2nc(CN3CCCCC3)cs2)c2ccccc21. The fraction of sp³-hybridized carbons (Fsp3) is 0.421. The molecule has 0 aliphatic carbocycles. The number of likely N-dealkylation sites (tertiary alicyclic amines) is 1.